The number of benzene rings is 2. The second-order valence-corrected chi connectivity index (χ2v) is 4.97. The van der Waals surface area contributed by atoms with E-state index in [9.17, 15) is 0 Å². The first-order chi connectivity index (χ1) is 8.06. The van der Waals surface area contributed by atoms with Gasteiger partial charge in [-0.1, -0.05) is 22.0 Å². The van der Waals surface area contributed by atoms with E-state index in [-0.39, 0.29) is 0 Å². The van der Waals surface area contributed by atoms with Crippen molar-refractivity contribution in [2.75, 3.05) is 5.73 Å². The maximum atomic E-state index is 5.88. The number of halogens is 1. The zero-order chi connectivity index (χ0) is 12.4. The summed E-state index contributed by atoms with van der Waals surface area (Å²) in [6.45, 7) is 4.02. The highest BCUT2D eigenvalue weighted by Gasteiger charge is 2.05. The fourth-order valence-electron chi connectivity index (χ4n) is 1.58. The summed E-state index contributed by atoms with van der Waals surface area (Å²) in [5.41, 5.74) is 8.73. The number of aryl methyl sites for hydroxylation is 2. The van der Waals surface area contributed by atoms with Crippen molar-refractivity contribution in [1.82, 2.24) is 0 Å². The van der Waals surface area contributed by atoms with Gasteiger partial charge in [-0.05, 0) is 55.3 Å². The van der Waals surface area contributed by atoms with Crippen LogP contribution in [-0.2, 0) is 0 Å². The molecule has 0 radical (unpaired) electrons. The van der Waals surface area contributed by atoms with Gasteiger partial charge < -0.3 is 10.5 Å². The van der Waals surface area contributed by atoms with E-state index in [0.29, 0.717) is 11.4 Å². The molecule has 2 aromatic carbocycles. The predicted octanol–water partition coefficient (Wildman–Crippen LogP) is 4.44. The summed E-state index contributed by atoms with van der Waals surface area (Å²) in [5, 5.41) is 0. The molecule has 88 valence electrons. The molecule has 2 rings (SSSR count). The molecule has 3 heteroatoms. The molecular weight excluding hydrogens is 278 g/mol. The lowest BCUT2D eigenvalue weighted by atomic mass is 10.2. The first-order valence-corrected chi connectivity index (χ1v) is 6.15. The Labute approximate surface area is 110 Å². The molecule has 0 unspecified atom stereocenters. The van der Waals surface area contributed by atoms with Gasteiger partial charge in [-0.15, -0.1) is 0 Å². The fraction of sp³-hybridized carbons (Fsp3) is 0.143. The highest BCUT2D eigenvalue weighted by Crippen LogP contribution is 2.31. The van der Waals surface area contributed by atoms with Gasteiger partial charge in [0.05, 0.1) is 5.69 Å². The highest BCUT2D eigenvalue weighted by molar-refractivity contribution is 9.10. The van der Waals surface area contributed by atoms with Gasteiger partial charge in [0.1, 0.15) is 5.75 Å². The van der Waals surface area contributed by atoms with Gasteiger partial charge in [0.15, 0.2) is 5.75 Å². The number of nitrogens with two attached hydrogens (primary N) is 1. The lowest BCUT2D eigenvalue weighted by Gasteiger charge is -2.11. The molecule has 0 fully saturated rings. The number of ether oxygens (including phenoxy) is 1. The molecule has 0 amide bonds. The minimum Gasteiger partial charge on any atom is -0.455 e. The van der Waals surface area contributed by atoms with Gasteiger partial charge in [-0.2, -0.15) is 0 Å². The average Bonchev–Trinajstić information content (AvgIpc) is 2.27. The van der Waals surface area contributed by atoms with Gasteiger partial charge in [-0.3, -0.25) is 0 Å². The fourth-order valence-corrected chi connectivity index (χ4v) is 2.05. The van der Waals surface area contributed by atoms with E-state index < -0.39 is 0 Å². The number of nitrogen functional groups attached to an aromatic ring is 1. The van der Waals surface area contributed by atoms with E-state index in [0.717, 1.165) is 21.3 Å². The van der Waals surface area contributed by atoms with Crippen molar-refractivity contribution in [2.45, 2.75) is 13.8 Å². The van der Waals surface area contributed by atoms with Crippen LogP contribution in [0.2, 0.25) is 0 Å². The van der Waals surface area contributed by atoms with E-state index in [4.69, 9.17) is 10.5 Å². The molecule has 0 spiro atoms. The van der Waals surface area contributed by atoms with Crippen LogP contribution in [0.5, 0.6) is 11.5 Å². The van der Waals surface area contributed by atoms with Gasteiger partial charge >= 0.3 is 0 Å². The zero-order valence-corrected chi connectivity index (χ0v) is 11.4. The number of anilines is 1. The Hall–Kier alpha value is -1.48. The molecule has 0 aliphatic carbocycles. The van der Waals surface area contributed by atoms with Crippen molar-refractivity contribution in [3.8, 4) is 11.5 Å². The van der Waals surface area contributed by atoms with E-state index >= 15 is 0 Å². The Morgan fingerprint density at radius 2 is 1.76 bits per heavy atom. The van der Waals surface area contributed by atoms with Gasteiger partial charge in [-0.25, -0.2) is 0 Å². The third-order valence-electron chi connectivity index (χ3n) is 2.53. The Bertz CT molecular complexity index is 552. The number of hydrogen-bond donors (Lipinski definition) is 1. The van der Waals surface area contributed by atoms with Crippen LogP contribution >= 0.6 is 15.9 Å². The lowest BCUT2D eigenvalue weighted by molar-refractivity contribution is 0.481. The van der Waals surface area contributed by atoms with E-state index in [2.05, 4.69) is 15.9 Å². The van der Waals surface area contributed by atoms with Crippen molar-refractivity contribution >= 4 is 21.6 Å². The van der Waals surface area contributed by atoms with Crippen molar-refractivity contribution < 1.29 is 4.74 Å². The largest absolute Gasteiger partial charge is 0.455 e. The highest BCUT2D eigenvalue weighted by atomic mass is 79.9. The summed E-state index contributed by atoms with van der Waals surface area (Å²) in [4.78, 5) is 0. The monoisotopic (exact) mass is 291 g/mol. The van der Waals surface area contributed by atoms with Crippen molar-refractivity contribution in [3.05, 3.63) is 52.0 Å². The second-order valence-electron chi connectivity index (χ2n) is 4.05. The molecule has 0 saturated carbocycles. The second kappa shape index (κ2) is 4.80. The Morgan fingerprint density at radius 1 is 1.00 bits per heavy atom. The summed E-state index contributed by atoms with van der Waals surface area (Å²) < 4.78 is 6.87. The van der Waals surface area contributed by atoms with Crippen LogP contribution in [0.25, 0.3) is 0 Å². The molecule has 17 heavy (non-hydrogen) atoms. The Kier molecular flexibility index (Phi) is 3.38. The summed E-state index contributed by atoms with van der Waals surface area (Å²) >= 11 is 3.43. The Balaban J connectivity index is 2.34. The SMILES string of the molecule is Cc1ccc(N)c(Oc2ccc(Br)cc2C)c1. The van der Waals surface area contributed by atoms with Gasteiger partial charge in [0, 0.05) is 4.47 Å². The molecule has 2 aromatic rings. The van der Waals surface area contributed by atoms with E-state index in [1.54, 1.807) is 0 Å². The quantitative estimate of drug-likeness (QED) is 0.830. The normalized spacial score (nSPS) is 10.3. The summed E-state index contributed by atoms with van der Waals surface area (Å²) in [5.74, 6) is 1.53. The summed E-state index contributed by atoms with van der Waals surface area (Å²) in [7, 11) is 0. The molecule has 0 aliphatic heterocycles. The number of hydrogen-bond acceptors (Lipinski definition) is 2. The van der Waals surface area contributed by atoms with Crippen LogP contribution in [0.3, 0.4) is 0 Å². The third-order valence-corrected chi connectivity index (χ3v) is 3.02. The average molecular weight is 292 g/mol. The smallest absolute Gasteiger partial charge is 0.150 e. The molecule has 0 bridgehead atoms. The topological polar surface area (TPSA) is 35.2 Å². The van der Waals surface area contributed by atoms with Crippen LogP contribution in [0.15, 0.2) is 40.9 Å². The van der Waals surface area contributed by atoms with Crippen LogP contribution in [0.4, 0.5) is 5.69 Å². The molecule has 0 aliphatic rings. The van der Waals surface area contributed by atoms with Crippen LogP contribution < -0.4 is 10.5 Å². The molecular formula is C14H14BrNO. The van der Waals surface area contributed by atoms with Gasteiger partial charge in [0.2, 0.25) is 0 Å². The molecule has 2 N–H and O–H groups in total. The van der Waals surface area contributed by atoms with Crippen molar-refractivity contribution in [1.29, 1.82) is 0 Å². The van der Waals surface area contributed by atoms with Crippen LogP contribution in [0.1, 0.15) is 11.1 Å². The maximum absolute atomic E-state index is 5.88. The maximum Gasteiger partial charge on any atom is 0.150 e. The first kappa shape index (κ1) is 12.0. The van der Waals surface area contributed by atoms with Crippen molar-refractivity contribution in [3.63, 3.8) is 0 Å². The van der Waals surface area contributed by atoms with E-state index in [1.807, 2.05) is 50.2 Å². The lowest BCUT2D eigenvalue weighted by Crippen LogP contribution is -1.94. The predicted molar refractivity (Wildman–Crippen MR) is 74.5 cm³/mol. The minimum absolute atomic E-state index is 0.651. The summed E-state index contributed by atoms with van der Waals surface area (Å²) in [6, 6.07) is 11.7. The molecule has 0 saturated heterocycles. The first-order valence-electron chi connectivity index (χ1n) is 5.36. The molecule has 0 aromatic heterocycles. The number of rotatable bonds is 2. The van der Waals surface area contributed by atoms with Gasteiger partial charge in [0.25, 0.3) is 0 Å². The summed E-state index contributed by atoms with van der Waals surface area (Å²) in [6.07, 6.45) is 0. The van der Waals surface area contributed by atoms with Crippen molar-refractivity contribution in [2.24, 2.45) is 0 Å². The zero-order valence-electron chi connectivity index (χ0n) is 9.83. The minimum atomic E-state index is 0.651. The third kappa shape index (κ3) is 2.80. The standard InChI is InChI=1S/C14H14BrNO/c1-9-3-5-12(16)14(7-9)17-13-6-4-11(15)8-10(13)2/h3-8H,16H2,1-2H3. The molecule has 0 atom stereocenters. The van der Waals surface area contributed by atoms with Crippen LogP contribution in [0, 0.1) is 13.8 Å². The molecule has 2 nitrogen and oxygen atoms in total. The Morgan fingerprint density at radius 3 is 2.47 bits per heavy atom. The molecule has 0 heterocycles. The van der Waals surface area contributed by atoms with E-state index in [1.165, 1.54) is 0 Å². The van der Waals surface area contributed by atoms with Crippen LogP contribution in [-0.4, -0.2) is 0 Å².